The van der Waals surface area contributed by atoms with E-state index in [1.165, 1.54) is 22.1 Å². The van der Waals surface area contributed by atoms with E-state index in [4.69, 9.17) is 4.42 Å². The lowest BCUT2D eigenvalue weighted by atomic mass is 10.0. The summed E-state index contributed by atoms with van der Waals surface area (Å²) in [6.45, 7) is 2.10. The van der Waals surface area contributed by atoms with Gasteiger partial charge >= 0.3 is 0 Å². The van der Waals surface area contributed by atoms with Gasteiger partial charge in [-0.05, 0) is 24.6 Å². The molecule has 1 aromatic heterocycles. The molecule has 0 aliphatic rings. The first-order valence-electron chi connectivity index (χ1n) is 5.38. The van der Waals surface area contributed by atoms with Gasteiger partial charge in [0.15, 0.2) is 0 Å². The molecule has 78 valence electrons. The maximum atomic E-state index is 5.56. The van der Waals surface area contributed by atoms with Crippen LogP contribution in [0.2, 0.25) is 0 Å². The van der Waals surface area contributed by atoms with E-state index in [1.54, 1.807) is 0 Å². The molecule has 0 aliphatic carbocycles. The monoisotopic (exact) mass is 208 g/mol. The Morgan fingerprint density at radius 2 is 1.75 bits per heavy atom. The van der Waals surface area contributed by atoms with Crippen LogP contribution >= 0.6 is 0 Å². The first-order valence-corrected chi connectivity index (χ1v) is 5.38. The van der Waals surface area contributed by atoms with Crippen molar-refractivity contribution in [3.05, 3.63) is 60.4 Å². The fourth-order valence-corrected chi connectivity index (χ4v) is 1.98. The van der Waals surface area contributed by atoms with E-state index in [2.05, 4.69) is 31.2 Å². The number of rotatable bonds is 1. The minimum Gasteiger partial charge on any atom is -0.464 e. The van der Waals surface area contributed by atoms with Crippen LogP contribution in [0, 0.1) is 6.92 Å². The summed E-state index contributed by atoms with van der Waals surface area (Å²) in [6, 6.07) is 16.6. The van der Waals surface area contributed by atoms with Crippen LogP contribution in [0.5, 0.6) is 0 Å². The molecule has 0 atom stereocenters. The largest absolute Gasteiger partial charge is 0.464 e. The number of hydrogen-bond acceptors (Lipinski definition) is 1. The Morgan fingerprint density at radius 1 is 0.938 bits per heavy atom. The lowest BCUT2D eigenvalue weighted by Gasteiger charge is -1.98. The number of furan rings is 1. The molecule has 3 rings (SSSR count). The summed E-state index contributed by atoms with van der Waals surface area (Å²) in [4.78, 5) is 0. The minimum absolute atomic E-state index is 0.949. The molecule has 1 heterocycles. The van der Waals surface area contributed by atoms with Crippen molar-refractivity contribution >= 4 is 11.0 Å². The summed E-state index contributed by atoms with van der Waals surface area (Å²) in [6.07, 6.45) is 1.83. The summed E-state index contributed by atoms with van der Waals surface area (Å²) in [5, 5.41) is 1.19. The molecule has 0 fully saturated rings. The van der Waals surface area contributed by atoms with Gasteiger partial charge in [-0.15, -0.1) is 0 Å². The van der Waals surface area contributed by atoms with Crippen LogP contribution in [0.1, 0.15) is 5.56 Å². The van der Waals surface area contributed by atoms with Gasteiger partial charge in [0.05, 0.1) is 6.26 Å². The third kappa shape index (κ3) is 1.41. The zero-order valence-electron chi connectivity index (χ0n) is 9.10. The summed E-state index contributed by atoms with van der Waals surface area (Å²) < 4.78 is 5.56. The van der Waals surface area contributed by atoms with Gasteiger partial charge in [-0.2, -0.15) is 0 Å². The normalized spacial score (nSPS) is 10.8. The summed E-state index contributed by atoms with van der Waals surface area (Å²) >= 11 is 0. The lowest BCUT2D eigenvalue weighted by Crippen LogP contribution is -1.75. The number of fused-ring (bicyclic) bond motifs is 1. The van der Waals surface area contributed by atoms with Gasteiger partial charge in [0, 0.05) is 10.9 Å². The Hall–Kier alpha value is -2.02. The second-order valence-electron chi connectivity index (χ2n) is 4.02. The van der Waals surface area contributed by atoms with Gasteiger partial charge in [0.1, 0.15) is 5.58 Å². The van der Waals surface area contributed by atoms with Crippen molar-refractivity contribution in [2.45, 2.75) is 6.92 Å². The van der Waals surface area contributed by atoms with E-state index < -0.39 is 0 Å². The van der Waals surface area contributed by atoms with Crippen LogP contribution in [-0.2, 0) is 0 Å². The van der Waals surface area contributed by atoms with Crippen molar-refractivity contribution in [2.24, 2.45) is 0 Å². The molecule has 0 radical (unpaired) electrons. The average molecular weight is 208 g/mol. The molecule has 1 nitrogen and oxygen atoms in total. The Balaban J connectivity index is 2.29. The topological polar surface area (TPSA) is 13.1 Å². The van der Waals surface area contributed by atoms with Gasteiger partial charge in [0.25, 0.3) is 0 Å². The van der Waals surface area contributed by atoms with Crippen LogP contribution in [0.4, 0.5) is 0 Å². The van der Waals surface area contributed by atoms with Crippen molar-refractivity contribution in [3.8, 4) is 11.1 Å². The van der Waals surface area contributed by atoms with Crippen LogP contribution < -0.4 is 0 Å². The van der Waals surface area contributed by atoms with E-state index in [9.17, 15) is 0 Å². The first kappa shape index (κ1) is 9.22. The minimum atomic E-state index is 0.949. The summed E-state index contributed by atoms with van der Waals surface area (Å²) in [7, 11) is 0. The number of benzene rings is 2. The molecule has 0 saturated heterocycles. The SMILES string of the molecule is Cc1ccc2occ(-c3ccccc3)c2c1. The van der Waals surface area contributed by atoms with Gasteiger partial charge in [0.2, 0.25) is 0 Å². The number of hydrogen-bond donors (Lipinski definition) is 0. The third-order valence-corrected chi connectivity index (χ3v) is 2.81. The van der Waals surface area contributed by atoms with E-state index in [1.807, 2.05) is 30.5 Å². The van der Waals surface area contributed by atoms with Crippen LogP contribution in [0.15, 0.2) is 59.2 Å². The van der Waals surface area contributed by atoms with E-state index >= 15 is 0 Å². The number of aryl methyl sites for hydroxylation is 1. The molecule has 16 heavy (non-hydrogen) atoms. The Labute approximate surface area is 94.3 Å². The average Bonchev–Trinajstić information content (AvgIpc) is 2.73. The predicted octanol–water partition coefficient (Wildman–Crippen LogP) is 4.41. The highest BCUT2D eigenvalue weighted by molar-refractivity contribution is 5.94. The molecular weight excluding hydrogens is 196 g/mol. The maximum absolute atomic E-state index is 5.56. The fraction of sp³-hybridized carbons (Fsp3) is 0.0667. The molecular formula is C15H12O. The Kier molecular flexibility index (Phi) is 2.03. The molecule has 0 spiro atoms. The zero-order valence-corrected chi connectivity index (χ0v) is 9.10. The standard InChI is InChI=1S/C15H12O/c1-11-7-8-15-13(9-11)14(10-16-15)12-5-3-2-4-6-12/h2-10H,1H3. The molecule has 0 unspecified atom stereocenters. The van der Waals surface area contributed by atoms with E-state index in [0.29, 0.717) is 0 Å². The quantitative estimate of drug-likeness (QED) is 0.577. The van der Waals surface area contributed by atoms with E-state index in [-0.39, 0.29) is 0 Å². The van der Waals surface area contributed by atoms with Crippen LogP contribution in [0.25, 0.3) is 22.1 Å². The molecule has 0 bridgehead atoms. The highest BCUT2D eigenvalue weighted by Crippen LogP contribution is 2.30. The molecule has 2 aromatic carbocycles. The van der Waals surface area contributed by atoms with Crippen molar-refractivity contribution in [1.82, 2.24) is 0 Å². The van der Waals surface area contributed by atoms with Crippen molar-refractivity contribution < 1.29 is 4.42 Å². The van der Waals surface area contributed by atoms with Crippen LogP contribution in [-0.4, -0.2) is 0 Å². The van der Waals surface area contributed by atoms with Gasteiger partial charge in [-0.25, -0.2) is 0 Å². The maximum Gasteiger partial charge on any atom is 0.134 e. The summed E-state index contributed by atoms with van der Waals surface area (Å²) in [5.74, 6) is 0. The molecule has 0 N–H and O–H groups in total. The summed E-state index contributed by atoms with van der Waals surface area (Å²) in [5.41, 5.74) is 4.57. The van der Waals surface area contributed by atoms with Gasteiger partial charge in [-0.1, -0.05) is 42.0 Å². The fourth-order valence-electron chi connectivity index (χ4n) is 1.98. The highest BCUT2D eigenvalue weighted by Gasteiger charge is 2.07. The molecule has 0 aliphatic heterocycles. The van der Waals surface area contributed by atoms with Gasteiger partial charge in [-0.3, -0.25) is 0 Å². The lowest BCUT2D eigenvalue weighted by molar-refractivity contribution is 0.617. The molecule has 0 amide bonds. The smallest absolute Gasteiger partial charge is 0.134 e. The molecule has 3 aromatic rings. The second-order valence-corrected chi connectivity index (χ2v) is 4.02. The van der Waals surface area contributed by atoms with Crippen molar-refractivity contribution in [3.63, 3.8) is 0 Å². The molecule has 1 heteroatoms. The third-order valence-electron chi connectivity index (χ3n) is 2.81. The van der Waals surface area contributed by atoms with Gasteiger partial charge < -0.3 is 4.42 Å². The Bertz CT molecular complexity index is 620. The van der Waals surface area contributed by atoms with E-state index in [0.717, 1.165) is 5.58 Å². The predicted molar refractivity (Wildman–Crippen MR) is 66.4 cm³/mol. The molecule has 0 saturated carbocycles. The van der Waals surface area contributed by atoms with Crippen LogP contribution in [0.3, 0.4) is 0 Å². The zero-order chi connectivity index (χ0) is 11.0. The van der Waals surface area contributed by atoms with Crippen molar-refractivity contribution in [1.29, 1.82) is 0 Å². The second kappa shape index (κ2) is 3.53. The first-order chi connectivity index (χ1) is 7.84. The highest BCUT2D eigenvalue weighted by atomic mass is 16.3. The van der Waals surface area contributed by atoms with Crippen molar-refractivity contribution in [2.75, 3.05) is 0 Å². The Morgan fingerprint density at radius 3 is 2.56 bits per heavy atom.